The molecule has 0 aromatic carbocycles. The van der Waals surface area contributed by atoms with E-state index >= 15 is 0 Å². The van der Waals surface area contributed by atoms with E-state index in [1.165, 1.54) is 23.5 Å². The van der Waals surface area contributed by atoms with Crippen molar-refractivity contribution in [1.29, 1.82) is 0 Å². The molecule has 0 rings (SSSR count). The lowest BCUT2D eigenvalue weighted by atomic mass is 9.86. The molecular weight excluding hydrogens is 977 g/mol. The van der Waals surface area contributed by atoms with Crippen molar-refractivity contribution in [3.05, 3.63) is 0 Å². The Balaban J connectivity index is 4.88. The summed E-state index contributed by atoms with van der Waals surface area (Å²) < 4.78 is 27.0. The molecule has 4 amide bonds. The number of nitrogens with one attached hydrogen (secondary N) is 6. The average Bonchev–Trinajstić information content (AvgIpc) is 3.24. The molecule has 0 saturated heterocycles. The maximum Gasteiger partial charge on any atom is 0.321 e. The molecule has 22 heteroatoms. The maximum atomic E-state index is 13.9. The standard InChI is InChI=1S/C49H92N6O13S3/c1-14-15-34(26-33(2)3)42(61)35(54-39(58)27-49(12,13)68-24-18-48(10,11)32-67-23-16-38(57)46(4,5)6)28-69-30-40(59)50-19-20-52-44(63)43(62)37(56)17-25-71(66)53-22-21-51-41(60)31-70-29-36(45(64)65)55-47(7,8)9/h33-37,43,53,55-56,62H,14-32H2,1-13H3,(H,50,59)(H,51,60)(H,52,63)(H,54,58)(H,64,65). The van der Waals surface area contributed by atoms with Crippen LogP contribution in [0.15, 0.2) is 0 Å². The largest absolute Gasteiger partial charge is 0.480 e. The van der Waals surface area contributed by atoms with Crippen LogP contribution >= 0.6 is 23.5 Å². The molecule has 0 aliphatic rings. The van der Waals surface area contributed by atoms with Crippen LogP contribution in [0.5, 0.6) is 0 Å². The molecule has 9 N–H and O–H groups in total. The highest BCUT2D eigenvalue weighted by Gasteiger charge is 2.32. The van der Waals surface area contributed by atoms with Crippen LogP contribution in [0.1, 0.15) is 135 Å². The van der Waals surface area contributed by atoms with Gasteiger partial charge in [0.2, 0.25) is 17.7 Å². The molecule has 0 bridgehead atoms. The van der Waals surface area contributed by atoms with Gasteiger partial charge in [-0.3, -0.25) is 38.9 Å². The van der Waals surface area contributed by atoms with Crippen LogP contribution in [0.4, 0.5) is 0 Å². The number of thioether (sulfide) groups is 2. The van der Waals surface area contributed by atoms with Gasteiger partial charge in [0, 0.05) is 73.3 Å². The Bertz CT molecular complexity index is 1670. The van der Waals surface area contributed by atoms with Crippen LogP contribution in [0, 0.1) is 22.7 Å². The van der Waals surface area contributed by atoms with Gasteiger partial charge in [-0.1, -0.05) is 61.8 Å². The zero-order valence-corrected chi connectivity index (χ0v) is 47.5. The molecule has 19 nitrogen and oxygen atoms in total. The molecule has 0 spiro atoms. The minimum absolute atomic E-state index is 0.00532. The van der Waals surface area contributed by atoms with Crippen LogP contribution in [0.3, 0.4) is 0 Å². The minimum Gasteiger partial charge on any atom is -0.480 e. The van der Waals surface area contributed by atoms with Crippen LogP contribution in [0.2, 0.25) is 0 Å². The van der Waals surface area contributed by atoms with Crippen molar-refractivity contribution >= 4 is 75.7 Å². The van der Waals surface area contributed by atoms with E-state index < -0.39 is 63.7 Å². The summed E-state index contributed by atoms with van der Waals surface area (Å²) >= 11 is 2.37. The smallest absolute Gasteiger partial charge is 0.321 e. The monoisotopic (exact) mass is 1070 g/mol. The van der Waals surface area contributed by atoms with Crippen LogP contribution in [-0.4, -0.2) is 171 Å². The van der Waals surface area contributed by atoms with E-state index in [-0.39, 0.29) is 114 Å². The second-order valence-electron chi connectivity index (χ2n) is 21.9. The van der Waals surface area contributed by atoms with Crippen molar-refractivity contribution in [3.63, 3.8) is 0 Å². The summed E-state index contributed by atoms with van der Waals surface area (Å²) in [5.74, 6) is -2.57. The Hall–Kier alpha value is -2.70. The molecule has 0 heterocycles. The lowest BCUT2D eigenvalue weighted by Gasteiger charge is -2.30. The number of hydrogen-bond acceptors (Lipinski definition) is 15. The Labute approximate surface area is 435 Å². The number of rotatable bonds is 40. The number of ether oxygens (including phenoxy) is 2. The first-order valence-electron chi connectivity index (χ1n) is 24.8. The van der Waals surface area contributed by atoms with E-state index in [2.05, 4.69) is 45.2 Å². The van der Waals surface area contributed by atoms with Gasteiger partial charge in [0.15, 0.2) is 11.9 Å². The molecule has 6 atom stereocenters. The molecule has 0 aromatic heterocycles. The number of carboxylic acid groups (broad SMARTS) is 1. The highest BCUT2D eigenvalue weighted by atomic mass is 32.2. The maximum absolute atomic E-state index is 13.9. The summed E-state index contributed by atoms with van der Waals surface area (Å²) in [5, 5.41) is 43.8. The quantitative estimate of drug-likeness (QED) is 0.0399. The number of hydrogen-bond donors (Lipinski definition) is 9. The summed E-state index contributed by atoms with van der Waals surface area (Å²) in [6.07, 6.45) is -0.361. The van der Waals surface area contributed by atoms with Crippen LogP contribution < -0.4 is 31.3 Å². The first-order chi connectivity index (χ1) is 32.8. The van der Waals surface area contributed by atoms with Gasteiger partial charge in [-0.15, -0.1) is 23.5 Å². The molecule has 0 fully saturated rings. The number of carbonyl (C=O) groups excluding carboxylic acids is 6. The lowest BCUT2D eigenvalue weighted by molar-refractivity contribution is -0.139. The fourth-order valence-electron chi connectivity index (χ4n) is 6.85. The number of carbonyl (C=O) groups is 7. The topological polar surface area (TPSA) is 288 Å². The molecule has 0 aromatic rings. The number of aliphatic carboxylic acids is 1. The summed E-state index contributed by atoms with van der Waals surface area (Å²) in [4.78, 5) is 88.5. The van der Waals surface area contributed by atoms with Crippen molar-refractivity contribution in [2.75, 3.05) is 74.8 Å². The normalized spacial score (nSPS) is 15.0. The van der Waals surface area contributed by atoms with Crippen molar-refractivity contribution in [3.8, 4) is 0 Å². The lowest BCUT2D eigenvalue weighted by Crippen LogP contribution is -2.49. The third-order valence-corrected chi connectivity index (χ3v) is 14.0. The fraction of sp³-hybridized carbons (Fsp3) is 0.857. The Morgan fingerprint density at radius 1 is 0.732 bits per heavy atom. The Morgan fingerprint density at radius 3 is 1.83 bits per heavy atom. The van der Waals surface area contributed by atoms with Crippen molar-refractivity contribution < 1.29 is 62.6 Å². The summed E-state index contributed by atoms with van der Waals surface area (Å²) in [6, 6.07) is -1.65. The molecule has 414 valence electrons. The second kappa shape index (κ2) is 34.7. The Morgan fingerprint density at radius 2 is 1.30 bits per heavy atom. The van der Waals surface area contributed by atoms with E-state index in [0.717, 1.165) is 6.42 Å². The first-order valence-corrected chi connectivity index (χ1v) is 28.4. The van der Waals surface area contributed by atoms with Gasteiger partial charge >= 0.3 is 5.97 Å². The summed E-state index contributed by atoms with van der Waals surface area (Å²) in [6.45, 7) is 26.5. The second-order valence-corrected chi connectivity index (χ2v) is 25.3. The molecule has 71 heavy (non-hydrogen) atoms. The van der Waals surface area contributed by atoms with Gasteiger partial charge in [0.25, 0.3) is 5.91 Å². The predicted molar refractivity (Wildman–Crippen MR) is 283 cm³/mol. The van der Waals surface area contributed by atoms with E-state index in [4.69, 9.17) is 9.47 Å². The summed E-state index contributed by atoms with van der Waals surface area (Å²) in [7, 11) is -1.64. The highest BCUT2D eigenvalue weighted by Crippen LogP contribution is 2.25. The van der Waals surface area contributed by atoms with Gasteiger partial charge in [0.1, 0.15) is 11.8 Å². The molecule has 0 aliphatic carbocycles. The fourth-order valence-corrected chi connectivity index (χ4v) is 9.54. The number of carboxylic acids is 1. The van der Waals surface area contributed by atoms with Crippen LogP contribution in [-0.2, 0) is 54.0 Å². The predicted octanol–water partition coefficient (Wildman–Crippen LogP) is 3.15. The van der Waals surface area contributed by atoms with Gasteiger partial charge in [-0.25, -0.2) is 8.93 Å². The number of Topliss-reactive ketones (excluding diaryl/α,β-unsaturated/α-hetero) is 2. The Kier molecular flexibility index (Phi) is 33.4. The average molecular weight is 1070 g/mol. The van der Waals surface area contributed by atoms with Gasteiger partial charge < -0.3 is 46.1 Å². The number of amides is 4. The third-order valence-electron chi connectivity index (χ3n) is 10.8. The van der Waals surface area contributed by atoms with E-state index in [9.17, 15) is 53.1 Å². The zero-order chi connectivity index (χ0) is 54.6. The number of aliphatic hydroxyl groups excluding tert-OH is 2. The van der Waals surface area contributed by atoms with Gasteiger partial charge in [-0.2, -0.15) is 0 Å². The van der Waals surface area contributed by atoms with Crippen molar-refractivity contribution in [2.24, 2.45) is 22.7 Å². The van der Waals surface area contributed by atoms with E-state index in [0.29, 0.717) is 45.5 Å². The number of aliphatic hydroxyl groups is 2. The van der Waals surface area contributed by atoms with Gasteiger partial charge in [0.05, 0.1) is 59.9 Å². The molecular formula is C49H92N6O13S3. The molecule has 0 saturated carbocycles. The summed E-state index contributed by atoms with van der Waals surface area (Å²) in [5.41, 5.74) is -1.87. The first kappa shape index (κ1) is 68.3. The SMILES string of the molecule is CCCC(CC(C)C)C(=O)C(CSCC(=O)NCCNC(=O)C(O)C(O)CCS(=O)NCCNC(=O)CSCC(NC(C)(C)C)C(=O)O)NC(=O)CC(C)(C)OCCC(C)(C)COCCC(=O)C(C)(C)C. The molecule has 0 radical (unpaired) electrons. The van der Waals surface area contributed by atoms with Gasteiger partial charge in [-0.05, 0) is 71.6 Å². The number of ketones is 2. The van der Waals surface area contributed by atoms with E-state index in [1.807, 2.05) is 76.2 Å². The van der Waals surface area contributed by atoms with Crippen molar-refractivity contribution in [2.45, 2.75) is 170 Å². The highest BCUT2D eigenvalue weighted by molar-refractivity contribution is 8.00. The molecule has 0 aliphatic heterocycles. The zero-order valence-electron chi connectivity index (χ0n) is 45.0. The third kappa shape index (κ3) is 34.4. The van der Waals surface area contributed by atoms with Crippen molar-refractivity contribution in [1.82, 2.24) is 31.3 Å². The van der Waals surface area contributed by atoms with E-state index in [1.54, 1.807) is 0 Å². The van der Waals surface area contributed by atoms with Crippen LogP contribution in [0.25, 0.3) is 0 Å². The molecule has 6 unspecified atom stereocenters. The minimum atomic E-state index is -1.82.